The monoisotopic (exact) mass is 457 g/mol. The second kappa shape index (κ2) is 13.2. The van der Waals surface area contributed by atoms with Crippen LogP contribution in [0.2, 0.25) is 0 Å². The molecule has 32 heavy (non-hydrogen) atoms. The van der Waals surface area contributed by atoms with Crippen LogP contribution in [0.5, 0.6) is 0 Å². The molecular formula is C23H27N3O5S. The van der Waals surface area contributed by atoms with Gasteiger partial charge in [0, 0.05) is 24.8 Å². The number of carbonyl (C=O) groups is 3. The molecule has 2 rings (SSSR count). The minimum absolute atomic E-state index is 0.0493. The molecular weight excluding hydrogens is 430 g/mol. The van der Waals surface area contributed by atoms with Crippen molar-refractivity contribution >= 4 is 40.8 Å². The van der Waals surface area contributed by atoms with Gasteiger partial charge in [-0.1, -0.05) is 30.3 Å². The summed E-state index contributed by atoms with van der Waals surface area (Å²) in [5, 5.41) is 8.42. The maximum Gasteiger partial charge on any atom is 0.306 e. The molecule has 8 nitrogen and oxygen atoms in total. The first-order chi connectivity index (χ1) is 15.4. The highest BCUT2D eigenvalue weighted by Gasteiger charge is 2.12. The standard InChI is InChI=1S/C23H27N3O5S/c1-16(17-6-4-3-5-7-17)24-22(29)18-8-10-19(11-9-18)25-23(32)26-20(27)12-13-21(28)31-15-14-30-2/h3-11,16H,12-15H2,1-2H3,(H,24,29)(H2,25,26,27,32). The number of nitrogens with one attached hydrogen (secondary N) is 3. The van der Waals surface area contributed by atoms with Crippen LogP contribution in [0, 0.1) is 0 Å². The third-order valence-electron chi connectivity index (χ3n) is 4.41. The normalized spacial score (nSPS) is 11.2. The number of hydrogen-bond donors (Lipinski definition) is 3. The van der Waals surface area contributed by atoms with Gasteiger partial charge in [-0.05, 0) is 49.0 Å². The SMILES string of the molecule is COCCOC(=O)CCC(=O)NC(=S)Nc1ccc(C(=O)NC(C)c2ccccc2)cc1. The Balaban J connectivity index is 1.76. The van der Waals surface area contributed by atoms with Crippen LogP contribution in [-0.2, 0) is 19.1 Å². The Hall–Kier alpha value is -3.30. The van der Waals surface area contributed by atoms with Crippen molar-refractivity contribution in [3.05, 3.63) is 65.7 Å². The van der Waals surface area contributed by atoms with E-state index in [9.17, 15) is 14.4 Å². The zero-order chi connectivity index (χ0) is 23.3. The van der Waals surface area contributed by atoms with Crippen LogP contribution in [0.4, 0.5) is 5.69 Å². The van der Waals surface area contributed by atoms with Crippen molar-refractivity contribution in [1.82, 2.24) is 10.6 Å². The van der Waals surface area contributed by atoms with Crippen LogP contribution in [-0.4, -0.2) is 43.2 Å². The number of amides is 2. The highest BCUT2D eigenvalue weighted by molar-refractivity contribution is 7.80. The summed E-state index contributed by atoms with van der Waals surface area (Å²) < 4.78 is 9.67. The fourth-order valence-corrected chi connectivity index (χ4v) is 2.92. The van der Waals surface area contributed by atoms with E-state index in [0.29, 0.717) is 17.9 Å². The summed E-state index contributed by atoms with van der Waals surface area (Å²) in [4.78, 5) is 35.9. The van der Waals surface area contributed by atoms with E-state index in [1.54, 1.807) is 24.3 Å². The molecule has 0 bridgehead atoms. The van der Waals surface area contributed by atoms with E-state index in [0.717, 1.165) is 5.56 Å². The van der Waals surface area contributed by atoms with Crippen LogP contribution in [0.3, 0.4) is 0 Å². The molecule has 0 aromatic heterocycles. The van der Waals surface area contributed by atoms with E-state index >= 15 is 0 Å². The van der Waals surface area contributed by atoms with Gasteiger partial charge in [0.1, 0.15) is 6.61 Å². The van der Waals surface area contributed by atoms with Crippen molar-refractivity contribution in [3.8, 4) is 0 Å². The van der Waals surface area contributed by atoms with E-state index in [1.807, 2.05) is 37.3 Å². The van der Waals surface area contributed by atoms with Crippen molar-refractivity contribution in [3.63, 3.8) is 0 Å². The molecule has 0 aliphatic carbocycles. The van der Waals surface area contributed by atoms with Crippen LogP contribution in [0.1, 0.15) is 41.7 Å². The molecule has 0 radical (unpaired) electrons. The molecule has 0 spiro atoms. The molecule has 170 valence electrons. The molecule has 0 fully saturated rings. The Labute approximate surface area is 192 Å². The minimum Gasteiger partial charge on any atom is -0.463 e. The Morgan fingerprint density at radius 1 is 0.969 bits per heavy atom. The smallest absolute Gasteiger partial charge is 0.306 e. The number of esters is 1. The zero-order valence-electron chi connectivity index (χ0n) is 18.1. The number of thiocarbonyl (C=S) groups is 1. The predicted octanol–water partition coefficient (Wildman–Crippen LogP) is 2.96. The van der Waals surface area contributed by atoms with E-state index in [-0.39, 0.29) is 36.5 Å². The van der Waals surface area contributed by atoms with Gasteiger partial charge in [-0.25, -0.2) is 0 Å². The lowest BCUT2D eigenvalue weighted by Crippen LogP contribution is -2.34. The first-order valence-electron chi connectivity index (χ1n) is 10.1. The fraction of sp³-hybridized carbons (Fsp3) is 0.304. The molecule has 0 aliphatic heterocycles. The van der Waals surface area contributed by atoms with Crippen molar-refractivity contribution in [2.75, 3.05) is 25.6 Å². The predicted molar refractivity (Wildman–Crippen MR) is 125 cm³/mol. The van der Waals surface area contributed by atoms with E-state index < -0.39 is 11.9 Å². The molecule has 0 aliphatic rings. The minimum atomic E-state index is -0.480. The lowest BCUT2D eigenvalue weighted by Gasteiger charge is -2.15. The van der Waals surface area contributed by atoms with Crippen LogP contribution < -0.4 is 16.0 Å². The lowest BCUT2D eigenvalue weighted by atomic mass is 10.1. The van der Waals surface area contributed by atoms with E-state index in [1.165, 1.54) is 7.11 Å². The number of carbonyl (C=O) groups excluding carboxylic acids is 3. The first kappa shape index (κ1) is 25.0. The Kier molecular flexibility index (Phi) is 10.3. The molecule has 2 amide bonds. The zero-order valence-corrected chi connectivity index (χ0v) is 18.9. The fourth-order valence-electron chi connectivity index (χ4n) is 2.69. The third kappa shape index (κ3) is 8.83. The highest BCUT2D eigenvalue weighted by Crippen LogP contribution is 2.14. The summed E-state index contributed by atoms with van der Waals surface area (Å²) in [6.45, 7) is 2.37. The summed E-state index contributed by atoms with van der Waals surface area (Å²) in [5.74, 6) is -1.08. The molecule has 0 saturated heterocycles. The number of hydrogen-bond acceptors (Lipinski definition) is 6. The average molecular weight is 458 g/mol. The van der Waals surface area contributed by atoms with Gasteiger partial charge in [-0.3, -0.25) is 14.4 Å². The quantitative estimate of drug-likeness (QED) is 0.286. The van der Waals surface area contributed by atoms with Crippen molar-refractivity contribution in [2.24, 2.45) is 0 Å². The van der Waals surface area contributed by atoms with Crippen molar-refractivity contribution in [2.45, 2.75) is 25.8 Å². The average Bonchev–Trinajstić information content (AvgIpc) is 2.78. The molecule has 9 heteroatoms. The van der Waals surface area contributed by atoms with E-state index in [2.05, 4.69) is 16.0 Å². The van der Waals surface area contributed by atoms with Gasteiger partial charge < -0.3 is 25.4 Å². The second-order valence-corrected chi connectivity index (χ2v) is 7.31. The van der Waals surface area contributed by atoms with Crippen molar-refractivity contribution < 1.29 is 23.9 Å². The van der Waals surface area contributed by atoms with Crippen molar-refractivity contribution in [1.29, 1.82) is 0 Å². The molecule has 0 saturated carbocycles. The maximum atomic E-state index is 12.5. The molecule has 1 atom stereocenters. The summed E-state index contributed by atoms with van der Waals surface area (Å²) >= 11 is 5.12. The summed E-state index contributed by atoms with van der Waals surface area (Å²) in [7, 11) is 1.50. The number of rotatable bonds is 10. The molecule has 2 aromatic rings. The Morgan fingerprint density at radius 2 is 1.66 bits per heavy atom. The number of ether oxygens (including phenoxy) is 2. The highest BCUT2D eigenvalue weighted by atomic mass is 32.1. The number of methoxy groups -OCH3 is 1. The van der Waals surface area contributed by atoms with Crippen LogP contribution in [0.25, 0.3) is 0 Å². The summed E-state index contributed by atoms with van der Waals surface area (Å²) in [6.07, 6.45) is -0.101. The third-order valence-corrected chi connectivity index (χ3v) is 4.62. The van der Waals surface area contributed by atoms with Crippen LogP contribution >= 0.6 is 12.2 Å². The van der Waals surface area contributed by atoms with Gasteiger partial charge >= 0.3 is 5.97 Å². The molecule has 1 unspecified atom stereocenters. The topological polar surface area (TPSA) is 106 Å². The lowest BCUT2D eigenvalue weighted by molar-refractivity contribution is -0.146. The molecule has 3 N–H and O–H groups in total. The number of anilines is 1. The Bertz CT molecular complexity index is 919. The van der Waals surface area contributed by atoms with Gasteiger partial charge in [0.15, 0.2) is 5.11 Å². The second-order valence-electron chi connectivity index (χ2n) is 6.90. The van der Waals surface area contributed by atoms with Gasteiger partial charge in [-0.2, -0.15) is 0 Å². The Morgan fingerprint density at radius 3 is 2.31 bits per heavy atom. The largest absolute Gasteiger partial charge is 0.463 e. The van der Waals surface area contributed by atoms with Gasteiger partial charge in [0.25, 0.3) is 5.91 Å². The van der Waals surface area contributed by atoms with Gasteiger partial charge in [-0.15, -0.1) is 0 Å². The van der Waals surface area contributed by atoms with Gasteiger partial charge in [0.05, 0.1) is 19.1 Å². The molecule has 0 heterocycles. The maximum absolute atomic E-state index is 12.5. The van der Waals surface area contributed by atoms with Gasteiger partial charge in [0.2, 0.25) is 5.91 Å². The summed E-state index contributed by atoms with van der Waals surface area (Å²) in [6, 6.07) is 16.3. The molecule has 2 aromatic carbocycles. The van der Waals surface area contributed by atoms with Crippen LogP contribution in [0.15, 0.2) is 54.6 Å². The summed E-state index contributed by atoms with van der Waals surface area (Å²) in [5.41, 5.74) is 2.13. The first-order valence-corrected chi connectivity index (χ1v) is 10.5. The van der Waals surface area contributed by atoms with E-state index in [4.69, 9.17) is 21.7 Å². The number of benzene rings is 2.